The molecule has 1 aliphatic rings. The minimum absolute atomic E-state index is 0.0932. The average molecular weight is 274 g/mol. The van der Waals surface area contributed by atoms with Crippen LogP contribution in [0.4, 0.5) is 10.5 Å². The summed E-state index contributed by atoms with van der Waals surface area (Å²) in [6.45, 7) is 0.428. The van der Waals surface area contributed by atoms with Crippen molar-refractivity contribution in [3.63, 3.8) is 0 Å². The van der Waals surface area contributed by atoms with Crippen molar-refractivity contribution in [3.8, 4) is 0 Å². The summed E-state index contributed by atoms with van der Waals surface area (Å²) >= 11 is 0. The number of anilines is 1. The summed E-state index contributed by atoms with van der Waals surface area (Å²) in [5.74, 6) is 0.0968. The predicted molar refractivity (Wildman–Crippen MR) is 81.1 cm³/mol. The Morgan fingerprint density at radius 3 is 2.55 bits per heavy atom. The Kier molecular flexibility index (Phi) is 4.98. The summed E-state index contributed by atoms with van der Waals surface area (Å²) in [6.07, 6.45) is 4.86. The predicted octanol–water partition coefficient (Wildman–Crippen LogP) is 2.47. The van der Waals surface area contributed by atoms with Gasteiger partial charge in [-0.05, 0) is 25.0 Å². The molecule has 2 amide bonds. The van der Waals surface area contributed by atoms with E-state index in [1.54, 1.807) is 4.90 Å². The number of hydrogen-bond acceptors (Lipinski definition) is 2. The molecule has 5 nitrogen and oxygen atoms in total. The fourth-order valence-corrected chi connectivity index (χ4v) is 2.51. The molecule has 1 aromatic carbocycles. The van der Waals surface area contributed by atoms with Gasteiger partial charge >= 0.3 is 6.03 Å². The number of amides is 2. The molecular formula is C15H22N4O. The van der Waals surface area contributed by atoms with E-state index >= 15 is 0 Å². The van der Waals surface area contributed by atoms with Crippen LogP contribution in [0.1, 0.15) is 32.1 Å². The van der Waals surface area contributed by atoms with Crippen LogP contribution in [0.5, 0.6) is 0 Å². The number of nitrogens with one attached hydrogen (secondary N) is 2. The molecule has 0 unspecified atom stereocenters. The number of amidine groups is 1. The molecule has 108 valence electrons. The Hall–Kier alpha value is -2.04. The van der Waals surface area contributed by atoms with Crippen molar-refractivity contribution in [2.45, 2.75) is 38.1 Å². The number of nitrogens with zero attached hydrogens (tertiary/aromatic N) is 1. The van der Waals surface area contributed by atoms with Crippen molar-refractivity contribution in [2.75, 3.05) is 11.4 Å². The SMILES string of the molecule is N=C(N)CCN(C(=O)NC1CCCC1)c1ccccc1. The number of hydrogen-bond donors (Lipinski definition) is 3. The summed E-state index contributed by atoms with van der Waals surface area (Å²) in [6, 6.07) is 9.71. The maximum Gasteiger partial charge on any atom is 0.322 e. The first-order valence-electron chi connectivity index (χ1n) is 7.13. The van der Waals surface area contributed by atoms with Gasteiger partial charge in [-0.15, -0.1) is 0 Å². The van der Waals surface area contributed by atoms with Gasteiger partial charge in [-0.2, -0.15) is 0 Å². The molecule has 20 heavy (non-hydrogen) atoms. The lowest BCUT2D eigenvalue weighted by molar-refractivity contribution is 0.243. The van der Waals surface area contributed by atoms with Crippen molar-refractivity contribution in [1.29, 1.82) is 5.41 Å². The number of urea groups is 1. The zero-order chi connectivity index (χ0) is 14.4. The van der Waals surface area contributed by atoms with Gasteiger partial charge in [0.2, 0.25) is 0 Å². The monoisotopic (exact) mass is 274 g/mol. The lowest BCUT2D eigenvalue weighted by atomic mass is 10.2. The molecule has 1 saturated carbocycles. The average Bonchev–Trinajstić information content (AvgIpc) is 2.92. The van der Waals surface area contributed by atoms with Gasteiger partial charge in [0.05, 0.1) is 5.84 Å². The molecule has 0 saturated heterocycles. The molecule has 0 radical (unpaired) electrons. The highest BCUT2D eigenvalue weighted by Crippen LogP contribution is 2.19. The first kappa shape index (κ1) is 14.4. The highest BCUT2D eigenvalue weighted by Gasteiger charge is 2.21. The second-order valence-electron chi connectivity index (χ2n) is 5.19. The van der Waals surface area contributed by atoms with Crippen molar-refractivity contribution < 1.29 is 4.79 Å². The van der Waals surface area contributed by atoms with Gasteiger partial charge in [0.1, 0.15) is 0 Å². The van der Waals surface area contributed by atoms with Crippen LogP contribution in [0.25, 0.3) is 0 Å². The third kappa shape index (κ3) is 3.98. The molecule has 0 aliphatic heterocycles. The van der Waals surface area contributed by atoms with Gasteiger partial charge in [-0.3, -0.25) is 10.3 Å². The van der Waals surface area contributed by atoms with E-state index < -0.39 is 0 Å². The molecule has 0 heterocycles. The summed E-state index contributed by atoms with van der Waals surface area (Å²) in [4.78, 5) is 14.1. The summed E-state index contributed by atoms with van der Waals surface area (Å²) in [5, 5.41) is 10.4. The fourth-order valence-electron chi connectivity index (χ4n) is 2.51. The fraction of sp³-hybridized carbons (Fsp3) is 0.467. The Morgan fingerprint density at radius 1 is 1.30 bits per heavy atom. The summed E-state index contributed by atoms with van der Waals surface area (Å²) in [7, 11) is 0. The zero-order valence-corrected chi connectivity index (χ0v) is 11.6. The van der Waals surface area contributed by atoms with Gasteiger partial charge in [0, 0.05) is 24.7 Å². The third-order valence-electron chi connectivity index (χ3n) is 3.60. The van der Waals surface area contributed by atoms with Crippen LogP contribution in [0, 0.1) is 5.41 Å². The van der Waals surface area contributed by atoms with Gasteiger partial charge in [-0.1, -0.05) is 31.0 Å². The summed E-state index contributed by atoms with van der Waals surface area (Å²) in [5.41, 5.74) is 6.24. The van der Waals surface area contributed by atoms with Crippen LogP contribution in [-0.4, -0.2) is 24.5 Å². The maximum absolute atomic E-state index is 12.4. The molecule has 1 aliphatic carbocycles. The molecule has 4 N–H and O–H groups in total. The molecule has 5 heteroatoms. The zero-order valence-electron chi connectivity index (χ0n) is 11.6. The minimum Gasteiger partial charge on any atom is -0.388 e. The van der Waals surface area contributed by atoms with Crippen LogP contribution in [-0.2, 0) is 0 Å². The number of carbonyl (C=O) groups is 1. The second-order valence-corrected chi connectivity index (χ2v) is 5.19. The third-order valence-corrected chi connectivity index (χ3v) is 3.60. The van der Waals surface area contributed by atoms with Crippen molar-refractivity contribution in [3.05, 3.63) is 30.3 Å². The van der Waals surface area contributed by atoms with E-state index in [4.69, 9.17) is 11.1 Å². The van der Waals surface area contributed by atoms with E-state index in [0.717, 1.165) is 18.5 Å². The summed E-state index contributed by atoms with van der Waals surface area (Å²) < 4.78 is 0. The van der Waals surface area contributed by atoms with Crippen LogP contribution in [0.15, 0.2) is 30.3 Å². The molecule has 1 aromatic rings. The van der Waals surface area contributed by atoms with Crippen LogP contribution in [0.2, 0.25) is 0 Å². The molecule has 0 bridgehead atoms. The van der Waals surface area contributed by atoms with Crippen LogP contribution < -0.4 is 16.0 Å². The molecular weight excluding hydrogens is 252 g/mol. The Balaban J connectivity index is 2.04. The number of nitrogens with two attached hydrogens (primary N) is 1. The van der Waals surface area contributed by atoms with E-state index in [0.29, 0.717) is 13.0 Å². The standard InChI is InChI=1S/C15H22N4O/c16-14(17)10-11-19(13-8-2-1-3-9-13)15(20)18-12-6-4-5-7-12/h1-3,8-9,12H,4-7,10-11H2,(H3,16,17)(H,18,20). The number of benzene rings is 1. The van der Waals surface area contributed by atoms with Crippen LogP contribution in [0.3, 0.4) is 0 Å². The first-order valence-corrected chi connectivity index (χ1v) is 7.13. The maximum atomic E-state index is 12.4. The topological polar surface area (TPSA) is 82.2 Å². The number of para-hydroxylation sites is 1. The molecule has 0 aromatic heterocycles. The smallest absolute Gasteiger partial charge is 0.322 e. The Bertz CT molecular complexity index is 454. The van der Waals surface area contributed by atoms with Crippen molar-refractivity contribution in [1.82, 2.24) is 5.32 Å². The van der Waals surface area contributed by atoms with Gasteiger partial charge in [-0.25, -0.2) is 4.79 Å². The Morgan fingerprint density at radius 2 is 1.95 bits per heavy atom. The minimum atomic E-state index is -0.0932. The highest BCUT2D eigenvalue weighted by molar-refractivity contribution is 5.93. The van der Waals surface area contributed by atoms with E-state index in [2.05, 4.69) is 5.32 Å². The largest absolute Gasteiger partial charge is 0.388 e. The first-order chi connectivity index (χ1) is 9.66. The van der Waals surface area contributed by atoms with Crippen LogP contribution >= 0.6 is 0 Å². The lowest BCUT2D eigenvalue weighted by Gasteiger charge is -2.25. The molecule has 0 spiro atoms. The van der Waals surface area contributed by atoms with Crippen molar-refractivity contribution >= 4 is 17.6 Å². The molecule has 1 fully saturated rings. The van der Waals surface area contributed by atoms with E-state index in [9.17, 15) is 4.79 Å². The van der Waals surface area contributed by atoms with E-state index in [1.165, 1.54) is 12.8 Å². The highest BCUT2D eigenvalue weighted by atomic mass is 16.2. The second kappa shape index (κ2) is 6.93. The number of rotatable bonds is 5. The van der Waals surface area contributed by atoms with Gasteiger partial charge in [0.15, 0.2) is 0 Å². The van der Waals surface area contributed by atoms with Gasteiger partial charge in [0.25, 0.3) is 0 Å². The Labute approximate surface area is 119 Å². The number of carbonyl (C=O) groups excluding carboxylic acids is 1. The van der Waals surface area contributed by atoms with E-state index in [1.807, 2.05) is 30.3 Å². The quantitative estimate of drug-likeness (QED) is 0.569. The van der Waals surface area contributed by atoms with Crippen molar-refractivity contribution in [2.24, 2.45) is 5.73 Å². The van der Waals surface area contributed by atoms with Gasteiger partial charge < -0.3 is 11.1 Å². The normalized spacial score (nSPS) is 15.0. The molecule has 2 rings (SSSR count). The lowest BCUT2D eigenvalue weighted by Crippen LogP contribution is -2.45. The molecule has 0 atom stereocenters. The van der Waals surface area contributed by atoms with E-state index in [-0.39, 0.29) is 17.9 Å².